The predicted octanol–water partition coefficient (Wildman–Crippen LogP) is 3.10. The summed E-state index contributed by atoms with van der Waals surface area (Å²) in [6.45, 7) is 4.57. The monoisotopic (exact) mass is 292 g/mol. The third kappa shape index (κ3) is 3.49. The summed E-state index contributed by atoms with van der Waals surface area (Å²) in [5.41, 5.74) is 9.91. The summed E-state index contributed by atoms with van der Waals surface area (Å²) in [5, 5.41) is 0. The Bertz CT molecular complexity index is 567. The van der Waals surface area contributed by atoms with E-state index in [1.54, 1.807) is 18.4 Å². The van der Waals surface area contributed by atoms with Gasteiger partial charge in [-0.1, -0.05) is 6.07 Å². The zero-order valence-electron chi connectivity index (χ0n) is 12.1. The molecule has 0 radical (unpaired) electrons. The zero-order valence-corrected chi connectivity index (χ0v) is 12.9. The molecule has 0 aliphatic rings. The lowest BCUT2D eigenvalue weighted by atomic mass is 10.1. The van der Waals surface area contributed by atoms with Gasteiger partial charge in [-0.15, -0.1) is 11.3 Å². The van der Waals surface area contributed by atoms with Gasteiger partial charge in [-0.05, 0) is 19.9 Å². The number of nitrogens with two attached hydrogens (primary N) is 1. The van der Waals surface area contributed by atoms with Crippen molar-refractivity contribution in [2.75, 3.05) is 13.7 Å². The fourth-order valence-corrected chi connectivity index (χ4v) is 2.73. The third-order valence-electron chi connectivity index (χ3n) is 3.14. The van der Waals surface area contributed by atoms with Crippen LogP contribution < -0.4 is 15.2 Å². The van der Waals surface area contributed by atoms with Crippen molar-refractivity contribution in [3.05, 3.63) is 39.8 Å². The molecule has 2 aromatic rings. The van der Waals surface area contributed by atoms with Crippen LogP contribution in [0.15, 0.2) is 23.7 Å². The van der Waals surface area contributed by atoms with Crippen molar-refractivity contribution in [1.82, 2.24) is 4.98 Å². The second kappa shape index (κ2) is 6.72. The van der Waals surface area contributed by atoms with Crippen LogP contribution in [0.2, 0.25) is 0 Å². The van der Waals surface area contributed by atoms with E-state index >= 15 is 0 Å². The van der Waals surface area contributed by atoms with Crippen molar-refractivity contribution in [2.45, 2.75) is 26.3 Å². The van der Waals surface area contributed by atoms with Crippen LogP contribution in [-0.2, 0) is 6.42 Å². The van der Waals surface area contributed by atoms with Crippen molar-refractivity contribution in [1.29, 1.82) is 0 Å². The van der Waals surface area contributed by atoms with Crippen molar-refractivity contribution >= 4 is 11.3 Å². The molecule has 1 heterocycles. The van der Waals surface area contributed by atoms with Gasteiger partial charge in [0.05, 0.1) is 24.9 Å². The average Bonchev–Trinajstić information content (AvgIpc) is 2.84. The highest BCUT2D eigenvalue weighted by Crippen LogP contribution is 2.28. The van der Waals surface area contributed by atoms with Gasteiger partial charge in [0.15, 0.2) is 0 Å². The molecular formula is C15H20N2O2S. The molecule has 4 nitrogen and oxygen atoms in total. The van der Waals surface area contributed by atoms with Gasteiger partial charge in [-0.25, -0.2) is 4.98 Å². The average molecular weight is 292 g/mol. The number of ether oxygens (including phenoxy) is 2. The SMILES string of the molecule is COc1ccc(C(C)N)c(OCCc2scnc2C)c1. The zero-order chi connectivity index (χ0) is 14.5. The fourth-order valence-electron chi connectivity index (χ4n) is 1.96. The quantitative estimate of drug-likeness (QED) is 0.889. The Morgan fingerprint density at radius 1 is 1.40 bits per heavy atom. The number of hydrogen-bond donors (Lipinski definition) is 1. The highest BCUT2D eigenvalue weighted by Gasteiger charge is 2.10. The molecule has 1 aromatic heterocycles. The first-order valence-corrected chi connectivity index (χ1v) is 7.45. The number of aryl methyl sites for hydroxylation is 1. The lowest BCUT2D eigenvalue weighted by Crippen LogP contribution is -2.09. The highest BCUT2D eigenvalue weighted by molar-refractivity contribution is 7.09. The summed E-state index contributed by atoms with van der Waals surface area (Å²) in [4.78, 5) is 5.50. The van der Waals surface area contributed by atoms with E-state index in [2.05, 4.69) is 4.98 Å². The van der Waals surface area contributed by atoms with Gasteiger partial charge in [-0.3, -0.25) is 0 Å². The minimum atomic E-state index is -0.0685. The second-order valence-corrected chi connectivity index (χ2v) is 5.59. The van der Waals surface area contributed by atoms with Crippen LogP contribution in [0, 0.1) is 6.92 Å². The first kappa shape index (κ1) is 14.8. The number of benzene rings is 1. The molecule has 1 aromatic carbocycles. The molecule has 2 N–H and O–H groups in total. The summed E-state index contributed by atoms with van der Waals surface area (Å²) in [5.74, 6) is 1.57. The Kier molecular flexibility index (Phi) is 4.98. The minimum Gasteiger partial charge on any atom is -0.497 e. The third-order valence-corrected chi connectivity index (χ3v) is 4.14. The maximum Gasteiger partial charge on any atom is 0.127 e. The van der Waals surface area contributed by atoms with E-state index in [-0.39, 0.29) is 6.04 Å². The minimum absolute atomic E-state index is 0.0685. The number of rotatable bonds is 6. The van der Waals surface area contributed by atoms with Crippen LogP contribution in [0.1, 0.15) is 29.1 Å². The van der Waals surface area contributed by atoms with E-state index in [0.29, 0.717) is 6.61 Å². The molecule has 0 saturated heterocycles. The molecule has 0 aliphatic carbocycles. The smallest absolute Gasteiger partial charge is 0.127 e. The molecule has 0 saturated carbocycles. The van der Waals surface area contributed by atoms with Gasteiger partial charge in [0.25, 0.3) is 0 Å². The summed E-state index contributed by atoms with van der Waals surface area (Å²) >= 11 is 1.66. The van der Waals surface area contributed by atoms with Crippen molar-refractivity contribution < 1.29 is 9.47 Å². The molecular weight excluding hydrogens is 272 g/mol. The van der Waals surface area contributed by atoms with Crippen LogP contribution in [-0.4, -0.2) is 18.7 Å². The maximum absolute atomic E-state index is 5.97. The molecule has 2 rings (SSSR count). The molecule has 1 unspecified atom stereocenters. The van der Waals surface area contributed by atoms with E-state index in [1.165, 1.54) is 4.88 Å². The van der Waals surface area contributed by atoms with Gasteiger partial charge in [0.1, 0.15) is 11.5 Å². The molecule has 0 aliphatic heterocycles. The lowest BCUT2D eigenvalue weighted by molar-refractivity contribution is 0.314. The van der Waals surface area contributed by atoms with Crippen LogP contribution in [0.5, 0.6) is 11.5 Å². The Balaban J connectivity index is 2.05. The number of methoxy groups -OCH3 is 1. The summed E-state index contributed by atoms with van der Waals surface area (Å²) in [6.07, 6.45) is 0.853. The standard InChI is InChI=1S/C15H20N2O2S/c1-10(16)13-5-4-12(18-3)8-14(13)19-7-6-15-11(2)17-9-20-15/h4-5,8-10H,6-7,16H2,1-3H3. The van der Waals surface area contributed by atoms with E-state index in [4.69, 9.17) is 15.2 Å². The first-order valence-electron chi connectivity index (χ1n) is 6.57. The highest BCUT2D eigenvalue weighted by atomic mass is 32.1. The molecule has 1 atom stereocenters. The Labute approximate surface area is 123 Å². The molecule has 5 heteroatoms. The topological polar surface area (TPSA) is 57.4 Å². The van der Waals surface area contributed by atoms with E-state index in [1.807, 2.05) is 37.6 Å². The number of thiazole rings is 1. The molecule has 0 bridgehead atoms. The summed E-state index contributed by atoms with van der Waals surface area (Å²) < 4.78 is 11.1. The number of hydrogen-bond acceptors (Lipinski definition) is 5. The fraction of sp³-hybridized carbons (Fsp3) is 0.400. The largest absolute Gasteiger partial charge is 0.497 e. The van der Waals surface area contributed by atoms with Crippen LogP contribution in [0.4, 0.5) is 0 Å². The predicted molar refractivity (Wildman–Crippen MR) is 81.6 cm³/mol. The van der Waals surface area contributed by atoms with Crippen molar-refractivity contribution in [3.63, 3.8) is 0 Å². The summed E-state index contributed by atoms with van der Waals surface area (Å²) in [6, 6.07) is 5.68. The molecule has 0 spiro atoms. The van der Waals surface area contributed by atoms with Crippen molar-refractivity contribution in [3.8, 4) is 11.5 Å². The summed E-state index contributed by atoms with van der Waals surface area (Å²) in [7, 11) is 1.64. The first-order chi connectivity index (χ1) is 9.61. The normalized spacial score (nSPS) is 12.2. The number of nitrogens with zero attached hydrogens (tertiary/aromatic N) is 1. The Hall–Kier alpha value is -1.59. The van der Waals surface area contributed by atoms with Crippen LogP contribution in [0.25, 0.3) is 0 Å². The van der Waals surface area contributed by atoms with Gasteiger partial charge < -0.3 is 15.2 Å². The van der Waals surface area contributed by atoms with E-state index in [9.17, 15) is 0 Å². The lowest BCUT2D eigenvalue weighted by Gasteiger charge is -2.15. The van der Waals surface area contributed by atoms with Crippen LogP contribution in [0.3, 0.4) is 0 Å². The molecule has 0 fully saturated rings. The van der Waals surface area contributed by atoms with E-state index < -0.39 is 0 Å². The van der Waals surface area contributed by atoms with E-state index in [0.717, 1.165) is 29.2 Å². The van der Waals surface area contributed by atoms with Gasteiger partial charge in [0, 0.05) is 29.0 Å². The van der Waals surface area contributed by atoms with Crippen molar-refractivity contribution in [2.24, 2.45) is 5.73 Å². The molecule has 20 heavy (non-hydrogen) atoms. The van der Waals surface area contributed by atoms with Gasteiger partial charge in [-0.2, -0.15) is 0 Å². The maximum atomic E-state index is 5.97. The van der Waals surface area contributed by atoms with Gasteiger partial charge >= 0.3 is 0 Å². The molecule has 108 valence electrons. The second-order valence-electron chi connectivity index (χ2n) is 4.65. The van der Waals surface area contributed by atoms with Crippen LogP contribution >= 0.6 is 11.3 Å². The van der Waals surface area contributed by atoms with Gasteiger partial charge in [0.2, 0.25) is 0 Å². The number of aromatic nitrogens is 1. The Morgan fingerprint density at radius 3 is 2.80 bits per heavy atom. The Morgan fingerprint density at radius 2 is 2.20 bits per heavy atom. The molecule has 0 amide bonds.